The molecule has 4 heteroatoms. The average molecular weight is 248 g/mol. The van der Waals surface area contributed by atoms with E-state index in [1.807, 2.05) is 25.1 Å². The van der Waals surface area contributed by atoms with Crippen molar-refractivity contribution < 1.29 is 9.90 Å². The molecule has 3 N–H and O–H groups in total. The molecule has 4 nitrogen and oxygen atoms in total. The Morgan fingerprint density at radius 3 is 2.72 bits per heavy atom. The number of nitrogens with two attached hydrogens (primary N) is 1. The molecule has 0 amide bonds. The van der Waals surface area contributed by atoms with Gasteiger partial charge in [0.2, 0.25) is 0 Å². The molecule has 1 aliphatic heterocycles. The number of hydrogen-bond acceptors (Lipinski definition) is 3. The van der Waals surface area contributed by atoms with Crippen molar-refractivity contribution >= 4 is 5.97 Å². The monoisotopic (exact) mass is 248 g/mol. The summed E-state index contributed by atoms with van der Waals surface area (Å²) in [6.07, 6.45) is 1.28. The zero-order valence-electron chi connectivity index (χ0n) is 10.7. The zero-order valence-corrected chi connectivity index (χ0v) is 10.7. The normalized spacial score (nSPS) is 28.4. The fourth-order valence-electron chi connectivity index (χ4n) is 2.86. The number of likely N-dealkylation sites (tertiary alicyclic amines) is 1. The van der Waals surface area contributed by atoms with E-state index in [4.69, 9.17) is 5.73 Å². The summed E-state index contributed by atoms with van der Waals surface area (Å²) in [6.45, 7) is 3.51. The van der Waals surface area contributed by atoms with Gasteiger partial charge in [0.05, 0.1) is 0 Å². The minimum atomic E-state index is -1.09. The van der Waals surface area contributed by atoms with Crippen LogP contribution in [0.25, 0.3) is 0 Å². The third kappa shape index (κ3) is 2.26. The molecule has 0 aromatic heterocycles. The summed E-state index contributed by atoms with van der Waals surface area (Å²) in [7, 11) is 0. The molecule has 98 valence electrons. The molecule has 18 heavy (non-hydrogen) atoms. The van der Waals surface area contributed by atoms with Gasteiger partial charge >= 0.3 is 5.97 Å². The van der Waals surface area contributed by atoms with Crippen LogP contribution in [0.15, 0.2) is 30.3 Å². The highest BCUT2D eigenvalue weighted by atomic mass is 16.4. The first-order valence-electron chi connectivity index (χ1n) is 6.38. The predicted molar refractivity (Wildman–Crippen MR) is 70.1 cm³/mol. The first-order chi connectivity index (χ1) is 8.58. The minimum Gasteiger partial charge on any atom is -0.480 e. The van der Waals surface area contributed by atoms with E-state index in [1.54, 1.807) is 0 Å². The van der Waals surface area contributed by atoms with Crippen LogP contribution in [-0.4, -0.2) is 34.1 Å². The second-order valence-electron chi connectivity index (χ2n) is 4.98. The minimum absolute atomic E-state index is 0.0878. The maximum atomic E-state index is 11.3. The van der Waals surface area contributed by atoms with Crippen LogP contribution < -0.4 is 5.73 Å². The number of nitrogens with zero attached hydrogens (tertiary/aromatic N) is 1. The molecule has 0 bridgehead atoms. The number of carbonyl (C=O) groups is 1. The first kappa shape index (κ1) is 13.1. The van der Waals surface area contributed by atoms with Gasteiger partial charge in [-0.3, -0.25) is 9.69 Å². The molecule has 1 aromatic carbocycles. The quantitative estimate of drug-likeness (QED) is 0.846. The van der Waals surface area contributed by atoms with Gasteiger partial charge < -0.3 is 10.8 Å². The Hall–Kier alpha value is -1.39. The SMILES string of the molecule is CCC1N(Cc2ccccc2)CCC1(N)C(=O)O. The van der Waals surface area contributed by atoms with Gasteiger partial charge in [0, 0.05) is 19.1 Å². The van der Waals surface area contributed by atoms with E-state index in [-0.39, 0.29) is 6.04 Å². The summed E-state index contributed by atoms with van der Waals surface area (Å²) in [5.41, 5.74) is 6.17. The lowest BCUT2D eigenvalue weighted by Crippen LogP contribution is -2.56. The molecule has 0 radical (unpaired) electrons. The molecule has 0 aliphatic carbocycles. The number of benzene rings is 1. The molecule has 2 unspecified atom stereocenters. The highest BCUT2D eigenvalue weighted by Gasteiger charge is 2.49. The smallest absolute Gasteiger partial charge is 0.325 e. The summed E-state index contributed by atoms with van der Waals surface area (Å²) in [4.78, 5) is 13.5. The van der Waals surface area contributed by atoms with Gasteiger partial charge in [-0.25, -0.2) is 0 Å². The van der Waals surface area contributed by atoms with Crippen molar-refractivity contribution in [1.82, 2.24) is 4.90 Å². The van der Waals surface area contributed by atoms with Gasteiger partial charge in [-0.05, 0) is 18.4 Å². The van der Waals surface area contributed by atoms with Crippen molar-refractivity contribution in [3.8, 4) is 0 Å². The predicted octanol–water partition coefficient (Wildman–Crippen LogP) is 1.45. The van der Waals surface area contributed by atoms with E-state index in [0.29, 0.717) is 6.42 Å². The number of carboxylic acid groups (broad SMARTS) is 1. The summed E-state index contributed by atoms with van der Waals surface area (Å²) in [5.74, 6) is -0.884. The van der Waals surface area contributed by atoms with Crippen molar-refractivity contribution in [2.24, 2.45) is 5.73 Å². The van der Waals surface area contributed by atoms with Crippen molar-refractivity contribution in [3.63, 3.8) is 0 Å². The van der Waals surface area contributed by atoms with E-state index in [2.05, 4.69) is 17.0 Å². The van der Waals surface area contributed by atoms with Gasteiger partial charge in [-0.1, -0.05) is 37.3 Å². The van der Waals surface area contributed by atoms with Crippen LogP contribution >= 0.6 is 0 Å². The largest absolute Gasteiger partial charge is 0.480 e. The molecule has 1 aliphatic rings. The standard InChI is InChI=1S/C14H20N2O2/c1-2-12-14(15,13(17)18)8-9-16(12)10-11-6-4-3-5-7-11/h3-7,12H,2,8-10,15H2,1H3,(H,17,18). The number of aliphatic carboxylic acids is 1. The second-order valence-corrected chi connectivity index (χ2v) is 4.98. The number of rotatable bonds is 4. The Morgan fingerprint density at radius 2 is 2.17 bits per heavy atom. The Labute approximate surface area is 107 Å². The third-order valence-corrected chi connectivity index (χ3v) is 3.86. The lowest BCUT2D eigenvalue weighted by Gasteiger charge is -2.31. The molecule has 0 spiro atoms. The van der Waals surface area contributed by atoms with Crippen molar-refractivity contribution in [2.45, 2.75) is 37.9 Å². The fraction of sp³-hybridized carbons (Fsp3) is 0.500. The average Bonchev–Trinajstić information content (AvgIpc) is 2.68. The van der Waals surface area contributed by atoms with Crippen LogP contribution in [0, 0.1) is 0 Å². The summed E-state index contributed by atoms with van der Waals surface area (Å²) in [5, 5.41) is 9.31. The molecule has 1 fully saturated rings. The Kier molecular flexibility index (Phi) is 3.68. The topological polar surface area (TPSA) is 66.6 Å². The Morgan fingerprint density at radius 1 is 1.50 bits per heavy atom. The van der Waals surface area contributed by atoms with Gasteiger partial charge in [-0.15, -0.1) is 0 Å². The molecule has 1 heterocycles. The lowest BCUT2D eigenvalue weighted by atomic mass is 9.90. The highest BCUT2D eigenvalue weighted by Crippen LogP contribution is 2.30. The van der Waals surface area contributed by atoms with Crippen LogP contribution in [0.3, 0.4) is 0 Å². The van der Waals surface area contributed by atoms with Crippen LogP contribution in [0.4, 0.5) is 0 Å². The number of carboxylic acids is 1. The maximum Gasteiger partial charge on any atom is 0.325 e. The van der Waals surface area contributed by atoms with Gasteiger partial charge in [0.1, 0.15) is 5.54 Å². The molecule has 2 atom stereocenters. The van der Waals surface area contributed by atoms with E-state index >= 15 is 0 Å². The van der Waals surface area contributed by atoms with Crippen molar-refractivity contribution in [3.05, 3.63) is 35.9 Å². The van der Waals surface area contributed by atoms with Crippen molar-refractivity contribution in [1.29, 1.82) is 0 Å². The van der Waals surface area contributed by atoms with Crippen LogP contribution in [-0.2, 0) is 11.3 Å². The third-order valence-electron chi connectivity index (χ3n) is 3.86. The van der Waals surface area contributed by atoms with Crippen LogP contribution in [0.2, 0.25) is 0 Å². The Balaban J connectivity index is 2.14. The van der Waals surface area contributed by atoms with E-state index in [1.165, 1.54) is 5.56 Å². The molecular formula is C14H20N2O2. The van der Waals surface area contributed by atoms with E-state index in [0.717, 1.165) is 19.5 Å². The van der Waals surface area contributed by atoms with E-state index in [9.17, 15) is 9.90 Å². The van der Waals surface area contributed by atoms with Crippen LogP contribution in [0.5, 0.6) is 0 Å². The summed E-state index contributed by atoms with van der Waals surface area (Å²) < 4.78 is 0. The molecule has 2 rings (SSSR count). The van der Waals surface area contributed by atoms with E-state index < -0.39 is 11.5 Å². The zero-order chi connectivity index (χ0) is 13.2. The molecular weight excluding hydrogens is 228 g/mol. The van der Waals surface area contributed by atoms with Gasteiger partial charge in [-0.2, -0.15) is 0 Å². The molecule has 1 aromatic rings. The molecule has 1 saturated heterocycles. The highest BCUT2D eigenvalue weighted by molar-refractivity contribution is 5.80. The molecule has 0 saturated carbocycles. The summed E-state index contributed by atoms with van der Waals surface area (Å²) >= 11 is 0. The second kappa shape index (κ2) is 5.08. The van der Waals surface area contributed by atoms with Gasteiger partial charge in [0.25, 0.3) is 0 Å². The fourth-order valence-corrected chi connectivity index (χ4v) is 2.86. The van der Waals surface area contributed by atoms with Crippen LogP contribution in [0.1, 0.15) is 25.3 Å². The Bertz CT molecular complexity index is 421. The number of hydrogen-bond donors (Lipinski definition) is 2. The lowest BCUT2D eigenvalue weighted by molar-refractivity contribution is -0.144. The van der Waals surface area contributed by atoms with Gasteiger partial charge in [0.15, 0.2) is 0 Å². The van der Waals surface area contributed by atoms with Crippen molar-refractivity contribution in [2.75, 3.05) is 6.54 Å². The maximum absolute atomic E-state index is 11.3. The first-order valence-corrected chi connectivity index (χ1v) is 6.38. The summed E-state index contributed by atoms with van der Waals surface area (Å²) in [6, 6.07) is 10.0.